The molecule has 0 spiro atoms. The Morgan fingerprint density at radius 3 is 2.40 bits per heavy atom. The van der Waals surface area contributed by atoms with Gasteiger partial charge in [-0.2, -0.15) is 0 Å². The minimum Gasteiger partial charge on any atom is -0.444 e. The van der Waals surface area contributed by atoms with Gasteiger partial charge in [-0.25, -0.2) is 4.79 Å². The van der Waals surface area contributed by atoms with Crippen LogP contribution in [0.15, 0.2) is 30.3 Å². The van der Waals surface area contributed by atoms with E-state index in [-0.39, 0.29) is 12.1 Å². The quantitative estimate of drug-likeness (QED) is 0.818. The first-order chi connectivity index (χ1) is 11.9. The Bertz CT molecular complexity index is 573. The highest BCUT2D eigenvalue weighted by atomic mass is 16.6. The molecule has 3 rings (SSSR count). The molecule has 1 aliphatic carbocycles. The maximum absolute atomic E-state index is 13.0. The number of carbonyl (C=O) groups is 1. The SMILES string of the molecule is CCN1CCC(N(C(=O)OC(C)(C)C)[C@@H]2C[C@H]2c2ccccc2)CC1. The largest absolute Gasteiger partial charge is 0.444 e. The molecule has 4 nitrogen and oxygen atoms in total. The Hall–Kier alpha value is -1.55. The number of rotatable bonds is 4. The van der Waals surface area contributed by atoms with Crippen LogP contribution in [-0.2, 0) is 4.74 Å². The normalized spacial score (nSPS) is 24.8. The highest BCUT2D eigenvalue weighted by Gasteiger charge is 2.48. The Kier molecular flexibility index (Phi) is 5.38. The standard InChI is InChI=1S/C21H32N2O2/c1-5-22-13-11-17(12-14-22)23(20(24)25-21(2,3)4)19-15-18(19)16-9-7-6-8-10-16/h6-10,17-19H,5,11-15H2,1-4H3/t18-,19+/m0/s1. The van der Waals surface area contributed by atoms with E-state index in [0.29, 0.717) is 12.0 Å². The van der Waals surface area contributed by atoms with Crippen LogP contribution >= 0.6 is 0 Å². The molecule has 0 aromatic heterocycles. The molecule has 0 N–H and O–H groups in total. The number of nitrogens with zero attached hydrogens (tertiary/aromatic N) is 2. The van der Waals surface area contributed by atoms with E-state index in [1.54, 1.807) is 0 Å². The van der Waals surface area contributed by atoms with Crippen LogP contribution in [0.5, 0.6) is 0 Å². The van der Waals surface area contributed by atoms with E-state index >= 15 is 0 Å². The molecular weight excluding hydrogens is 312 g/mol. The summed E-state index contributed by atoms with van der Waals surface area (Å²) in [5.74, 6) is 0.456. The second kappa shape index (κ2) is 7.36. The van der Waals surface area contributed by atoms with Crippen molar-refractivity contribution in [3.05, 3.63) is 35.9 Å². The number of amides is 1. The van der Waals surface area contributed by atoms with E-state index in [2.05, 4.69) is 41.0 Å². The molecular formula is C21H32N2O2. The van der Waals surface area contributed by atoms with Crippen molar-refractivity contribution in [2.24, 2.45) is 0 Å². The van der Waals surface area contributed by atoms with Gasteiger partial charge >= 0.3 is 6.09 Å². The second-order valence-electron chi connectivity index (χ2n) is 8.37. The number of hydrogen-bond acceptors (Lipinski definition) is 3. The molecule has 2 aliphatic rings. The lowest BCUT2D eigenvalue weighted by Gasteiger charge is -2.39. The van der Waals surface area contributed by atoms with E-state index in [1.165, 1.54) is 5.56 Å². The molecule has 2 fully saturated rings. The van der Waals surface area contributed by atoms with Gasteiger partial charge in [0.05, 0.1) is 0 Å². The van der Waals surface area contributed by atoms with Gasteiger partial charge in [-0.1, -0.05) is 37.3 Å². The number of piperidine rings is 1. The average Bonchev–Trinajstić information content (AvgIpc) is 3.35. The van der Waals surface area contributed by atoms with Gasteiger partial charge in [0.25, 0.3) is 0 Å². The van der Waals surface area contributed by atoms with Crippen LogP contribution in [0.3, 0.4) is 0 Å². The molecule has 1 amide bonds. The summed E-state index contributed by atoms with van der Waals surface area (Å²) in [4.78, 5) is 17.5. The Labute approximate surface area is 152 Å². The molecule has 1 saturated carbocycles. The van der Waals surface area contributed by atoms with E-state index in [0.717, 1.165) is 38.9 Å². The Balaban J connectivity index is 1.73. The lowest BCUT2D eigenvalue weighted by atomic mass is 10.0. The van der Waals surface area contributed by atoms with E-state index in [1.807, 2.05) is 26.8 Å². The molecule has 0 radical (unpaired) electrons. The minimum atomic E-state index is -0.448. The molecule has 4 heteroatoms. The fraction of sp³-hybridized carbons (Fsp3) is 0.667. The van der Waals surface area contributed by atoms with Crippen LogP contribution in [0.25, 0.3) is 0 Å². The summed E-state index contributed by atoms with van der Waals surface area (Å²) in [5.41, 5.74) is 0.892. The van der Waals surface area contributed by atoms with E-state index < -0.39 is 5.60 Å². The third-order valence-corrected chi connectivity index (χ3v) is 5.34. The first kappa shape index (κ1) is 18.2. The molecule has 1 heterocycles. The summed E-state index contributed by atoms with van der Waals surface area (Å²) in [6.45, 7) is 11.3. The van der Waals surface area contributed by atoms with Crippen molar-refractivity contribution in [1.82, 2.24) is 9.80 Å². The van der Waals surface area contributed by atoms with Gasteiger partial charge in [0.1, 0.15) is 5.60 Å². The summed E-state index contributed by atoms with van der Waals surface area (Å²) >= 11 is 0. The van der Waals surface area contributed by atoms with Crippen molar-refractivity contribution in [3.8, 4) is 0 Å². The van der Waals surface area contributed by atoms with Crippen molar-refractivity contribution in [2.75, 3.05) is 19.6 Å². The molecule has 2 atom stereocenters. The topological polar surface area (TPSA) is 32.8 Å². The third kappa shape index (κ3) is 4.55. The van der Waals surface area contributed by atoms with Gasteiger partial charge in [-0.05, 0) is 52.1 Å². The second-order valence-corrected chi connectivity index (χ2v) is 8.37. The van der Waals surface area contributed by atoms with Crippen LogP contribution < -0.4 is 0 Å². The highest BCUT2D eigenvalue weighted by molar-refractivity contribution is 5.70. The van der Waals surface area contributed by atoms with Crippen LogP contribution in [0.4, 0.5) is 4.79 Å². The van der Waals surface area contributed by atoms with Gasteiger partial charge in [0, 0.05) is 31.1 Å². The van der Waals surface area contributed by atoms with Crippen LogP contribution in [-0.4, -0.2) is 53.2 Å². The monoisotopic (exact) mass is 344 g/mol. The summed E-state index contributed by atoms with van der Waals surface area (Å²) in [6.07, 6.45) is 3.01. The fourth-order valence-corrected chi connectivity index (χ4v) is 3.93. The number of ether oxygens (including phenoxy) is 1. The number of benzene rings is 1. The molecule has 0 bridgehead atoms. The smallest absolute Gasteiger partial charge is 0.410 e. The predicted molar refractivity (Wildman–Crippen MR) is 101 cm³/mol. The van der Waals surface area contributed by atoms with Crippen molar-refractivity contribution >= 4 is 6.09 Å². The fourth-order valence-electron chi connectivity index (χ4n) is 3.93. The lowest BCUT2D eigenvalue weighted by Crippen LogP contribution is -2.50. The van der Waals surface area contributed by atoms with Crippen LogP contribution in [0.1, 0.15) is 58.4 Å². The summed E-state index contributed by atoms with van der Waals surface area (Å²) < 4.78 is 5.77. The van der Waals surface area contributed by atoms with Crippen molar-refractivity contribution < 1.29 is 9.53 Å². The maximum atomic E-state index is 13.0. The van der Waals surface area contributed by atoms with Gasteiger partial charge in [-0.3, -0.25) is 0 Å². The Morgan fingerprint density at radius 2 is 1.84 bits per heavy atom. The Morgan fingerprint density at radius 1 is 1.20 bits per heavy atom. The zero-order valence-corrected chi connectivity index (χ0v) is 16.1. The zero-order valence-electron chi connectivity index (χ0n) is 16.1. The van der Waals surface area contributed by atoms with Gasteiger partial charge in [0.15, 0.2) is 0 Å². The molecule has 1 aliphatic heterocycles. The molecule has 1 saturated heterocycles. The zero-order chi connectivity index (χ0) is 18.0. The van der Waals surface area contributed by atoms with Gasteiger partial charge < -0.3 is 14.5 Å². The summed E-state index contributed by atoms with van der Waals surface area (Å²) in [5, 5.41) is 0. The molecule has 25 heavy (non-hydrogen) atoms. The van der Waals surface area contributed by atoms with E-state index in [9.17, 15) is 4.79 Å². The first-order valence-corrected chi connectivity index (χ1v) is 9.67. The number of carbonyl (C=O) groups excluding carboxylic acids is 1. The first-order valence-electron chi connectivity index (χ1n) is 9.67. The van der Waals surface area contributed by atoms with Crippen molar-refractivity contribution in [2.45, 2.75) is 70.6 Å². The van der Waals surface area contributed by atoms with Crippen LogP contribution in [0.2, 0.25) is 0 Å². The molecule has 138 valence electrons. The van der Waals surface area contributed by atoms with Crippen molar-refractivity contribution in [3.63, 3.8) is 0 Å². The summed E-state index contributed by atoms with van der Waals surface area (Å²) in [6, 6.07) is 11.2. The molecule has 1 aromatic carbocycles. The highest BCUT2D eigenvalue weighted by Crippen LogP contribution is 2.46. The average molecular weight is 344 g/mol. The van der Waals surface area contributed by atoms with Crippen molar-refractivity contribution in [1.29, 1.82) is 0 Å². The number of hydrogen-bond donors (Lipinski definition) is 0. The van der Waals surface area contributed by atoms with Crippen LogP contribution in [0, 0.1) is 0 Å². The molecule has 0 unspecified atom stereocenters. The minimum absolute atomic E-state index is 0.133. The van der Waals surface area contributed by atoms with Gasteiger partial charge in [-0.15, -0.1) is 0 Å². The molecule has 1 aromatic rings. The maximum Gasteiger partial charge on any atom is 0.410 e. The van der Waals surface area contributed by atoms with Gasteiger partial charge in [0.2, 0.25) is 0 Å². The lowest BCUT2D eigenvalue weighted by molar-refractivity contribution is 0.00555. The van der Waals surface area contributed by atoms with E-state index in [4.69, 9.17) is 4.74 Å². The summed E-state index contributed by atoms with van der Waals surface area (Å²) in [7, 11) is 0. The predicted octanol–water partition coefficient (Wildman–Crippen LogP) is 4.26. The number of likely N-dealkylation sites (tertiary alicyclic amines) is 1. The third-order valence-electron chi connectivity index (χ3n) is 5.34.